The van der Waals surface area contributed by atoms with E-state index in [-0.39, 0.29) is 0 Å². The van der Waals surface area contributed by atoms with Crippen molar-refractivity contribution in [2.75, 3.05) is 26.2 Å². The van der Waals surface area contributed by atoms with Crippen molar-refractivity contribution in [1.29, 1.82) is 0 Å². The van der Waals surface area contributed by atoms with Gasteiger partial charge in [-0.3, -0.25) is 0 Å². The molecule has 2 heterocycles. The summed E-state index contributed by atoms with van der Waals surface area (Å²) >= 11 is 0. The number of morpholine rings is 1. The van der Waals surface area contributed by atoms with E-state index in [2.05, 4.69) is 13.8 Å². The van der Waals surface area contributed by atoms with Crippen molar-refractivity contribution in [3.63, 3.8) is 0 Å². The summed E-state index contributed by atoms with van der Waals surface area (Å²) in [4.78, 5) is 2.88. The summed E-state index contributed by atoms with van der Waals surface area (Å²) < 4.78 is 45.3. The molecule has 3 nitrogen and oxygen atoms in total. The molecule has 2 fully saturated rings. The number of benzene rings is 1. The molecule has 3 rings (SSSR count). The lowest BCUT2D eigenvalue weighted by Crippen LogP contribution is -3.22. The lowest BCUT2D eigenvalue weighted by molar-refractivity contribution is -0.970. The van der Waals surface area contributed by atoms with E-state index in [0.29, 0.717) is 30.4 Å². The van der Waals surface area contributed by atoms with E-state index in [9.17, 15) is 13.2 Å². The summed E-state index contributed by atoms with van der Waals surface area (Å²) in [5.41, 5.74) is -0.0597. The van der Waals surface area contributed by atoms with E-state index in [1.807, 2.05) is 0 Å². The Balaban J connectivity index is 1.57. The summed E-state index contributed by atoms with van der Waals surface area (Å²) in [6.45, 7) is 8.71. The normalized spacial score (nSPS) is 34.0. The summed E-state index contributed by atoms with van der Waals surface area (Å²) in [7, 11) is 0. The lowest BCUT2D eigenvalue weighted by atomic mass is 9.99. The Labute approximate surface area is 147 Å². The standard InChI is InChI=1S/C19H27F3N2O/c1-14-11-24(12-15(2)25-14)17-7-9-23(10-8-17)13-16-5-3-4-6-18(16)19(20,21)22/h3-6,14-15,17H,7-13H2,1-2H3/p+2/t14-,15-/m1/s1. The highest BCUT2D eigenvalue weighted by Gasteiger charge is 2.37. The third-order valence-corrected chi connectivity index (χ3v) is 5.60. The minimum atomic E-state index is -4.27. The first kappa shape index (κ1) is 18.7. The molecule has 6 heteroatoms. The van der Waals surface area contributed by atoms with E-state index in [0.717, 1.165) is 39.0 Å². The monoisotopic (exact) mass is 358 g/mol. The second kappa shape index (κ2) is 7.64. The van der Waals surface area contributed by atoms with Crippen molar-refractivity contribution in [2.24, 2.45) is 0 Å². The van der Waals surface area contributed by atoms with Gasteiger partial charge < -0.3 is 14.5 Å². The molecule has 0 unspecified atom stereocenters. The second-order valence-corrected chi connectivity index (χ2v) is 7.68. The number of likely N-dealkylation sites (tertiary alicyclic amines) is 1. The molecule has 140 valence electrons. The fourth-order valence-corrected chi connectivity index (χ4v) is 4.48. The zero-order valence-electron chi connectivity index (χ0n) is 15.0. The third-order valence-electron chi connectivity index (χ3n) is 5.60. The van der Waals surface area contributed by atoms with Crippen LogP contribution < -0.4 is 9.80 Å². The van der Waals surface area contributed by atoms with Gasteiger partial charge in [-0.15, -0.1) is 0 Å². The van der Waals surface area contributed by atoms with Crippen LogP contribution in [-0.4, -0.2) is 44.4 Å². The minimum absolute atomic E-state index is 0.294. The van der Waals surface area contributed by atoms with Gasteiger partial charge in [-0.25, -0.2) is 0 Å². The van der Waals surface area contributed by atoms with E-state index in [1.54, 1.807) is 17.0 Å². The lowest BCUT2D eigenvalue weighted by Gasteiger charge is -2.39. The van der Waals surface area contributed by atoms with E-state index < -0.39 is 11.7 Å². The van der Waals surface area contributed by atoms with Gasteiger partial charge in [0.1, 0.15) is 31.8 Å². The van der Waals surface area contributed by atoms with Crippen LogP contribution in [0.25, 0.3) is 0 Å². The van der Waals surface area contributed by atoms with Crippen LogP contribution in [0.2, 0.25) is 0 Å². The van der Waals surface area contributed by atoms with Gasteiger partial charge in [-0.2, -0.15) is 13.2 Å². The molecule has 2 N–H and O–H groups in total. The quantitative estimate of drug-likeness (QED) is 0.823. The number of hydrogen-bond acceptors (Lipinski definition) is 1. The fraction of sp³-hybridized carbons (Fsp3) is 0.684. The van der Waals surface area contributed by atoms with Crippen LogP contribution in [-0.2, 0) is 17.5 Å². The van der Waals surface area contributed by atoms with Crippen molar-refractivity contribution in [2.45, 2.75) is 57.7 Å². The van der Waals surface area contributed by atoms with Gasteiger partial charge in [0.2, 0.25) is 0 Å². The molecule has 1 aromatic rings. The Hall–Kier alpha value is -1.11. The molecule has 1 aromatic carbocycles. The molecule has 0 aromatic heterocycles. The van der Waals surface area contributed by atoms with Gasteiger partial charge in [0.15, 0.2) is 0 Å². The van der Waals surface area contributed by atoms with Crippen molar-refractivity contribution in [1.82, 2.24) is 0 Å². The van der Waals surface area contributed by atoms with E-state index >= 15 is 0 Å². The molecule has 0 saturated carbocycles. The molecule has 0 amide bonds. The van der Waals surface area contributed by atoms with Gasteiger partial charge in [-0.1, -0.05) is 18.2 Å². The van der Waals surface area contributed by atoms with Crippen LogP contribution in [0.1, 0.15) is 37.8 Å². The summed E-state index contributed by atoms with van der Waals surface area (Å²) in [5.74, 6) is 0. The zero-order valence-corrected chi connectivity index (χ0v) is 15.0. The molecule has 0 spiro atoms. The Morgan fingerprint density at radius 3 is 2.24 bits per heavy atom. The first-order chi connectivity index (χ1) is 11.8. The number of ether oxygens (including phenoxy) is 1. The van der Waals surface area contributed by atoms with Crippen LogP contribution in [0.4, 0.5) is 13.2 Å². The van der Waals surface area contributed by atoms with Crippen molar-refractivity contribution in [3.05, 3.63) is 35.4 Å². The molecule has 2 atom stereocenters. The molecule has 2 aliphatic rings. The molecule has 0 radical (unpaired) electrons. The second-order valence-electron chi connectivity index (χ2n) is 7.68. The van der Waals surface area contributed by atoms with Gasteiger partial charge in [-0.05, 0) is 19.9 Å². The SMILES string of the molecule is C[C@@H]1C[NH+](C2CC[NH+](Cc3ccccc3C(F)(F)F)CC2)C[C@@H](C)O1. The number of quaternary nitrogens is 2. The van der Waals surface area contributed by atoms with Gasteiger partial charge in [0.25, 0.3) is 0 Å². The first-order valence-corrected chi connectivity index (χ1v) is 9.31. The molecule has 0 aliphatic carbocycles. The number of rotatable bonds is 3. The van der Waals surface area contributed by atoms with Crippen LogP contribution in [0.3, 0.4) is 0 Å². The number of alkyl halides is 3. The average molecular weight is 358 g/mol. The molecule has 25 heavy (non-hydrogen) atoms. The Morgan fingerprint density at radius 2 is 1.64 bits per heavy atom. The predicted octanol–water partition coefficient (Wildman–Crippen LogP) is 0.945. The Morgan fingerprint density at radius 1 is 1.04 bits per heavy atom. The first-order valence-electron chi connectivity index (χ1n) is 9.31. The summed E-state index contributed by atoms with van der Waals surface area (Å²) in [5, 5.41) is 0. The molecule has 0 bridgehead atoms. The third kappa shape index (κ3) is 4.74. The maximum atomic E-state index is 13.2. The highest BCUT2D eigenvalue weighted by Crippen LogP contribution is 2.31. The topological polar surface area (TPSA) is 18.1 Å². The van der Waals surface area contributed by atoms with Crippen molar-refractivity contribution in [3.8, 4) is 0 Å². The van der Waals surface area contributed by atoms with Crippen LogP contribution >= 0.6 is 0 Å². The number of piperidine rings is 1. The summed E-state index contributed by atoms with van der Waals surface area (Å²) in [6.07, 6.45) is -1.51. The zero-order chi connectivity index (χ0) is 18.0. The van der Waals surface area contributed by atoms with E-state index in [4.69, 9.17) is 4.74 Å². The summed E-state index contributed by atoms with van der Waals surface area (Å²) in [6, 6.07) is 6.62. The fourth-order valence-electron chi connectivity index (χ4n) is 4.48. The van der Waals surface area contributed by atoms with Gasteiger partial charge >= 0.3 is 6.18 Å². The van der Waals surface area contributed by atoms with Gasteiger partial charge in [0.05, 0.1) is 24.7 Å². The Kier molecular flexibility index (Phi) is 5.71. The smallest absolute Gasteiger partial charge is 0.364 e. The molecule has 2 aliphatic heterocycles. The molecular formula is C19H29F3N2O+2. The van der Waals surface area contributed by atoms with Crippen molar-refractivity contribution < 1.29 is 27.7 Å². The highest BCUT2D eigenvalue weighted by atomic mass is 19.4. The Bertz CT molecular complexity index is 560. The molecule has 2 saturated heterocycles. The number of hydrogen-bond donors (Lipinski definition) is 2. The van der Waals surface area contributed by atoms with Gasteiger partial charge in [0, 0.05) is 18.4 Å². The number of halogens is 3. The largest absolute Gasteiger partial charge is 0.416 e. The predicted molar refractivity (Wildman–Crippen MR) is 89.6 cm³/mol. The van der Waals surface area contributed by atoms with E-state index in [1.165, 1.54) is 17.0 Å². The van der Waals surface area contributed by atoms with Crippen LogP contribution in [0.5, 0.6) is 0 Å². The average Bonchev–Trinajstić information content (AvgIpc) is 2.54. The highest BCUT2D eigenvalue weighted by molar-refractivity contribution is 5.28. The molecular weight excluding hydrogens is 329 g/mol. The minimum Gasteiger partial charge on any atom is -0.364 e. The number of nitrogens with one attached hydrogen (secondary N) is 2. The maximum Gasteiger partial charge on any atom is 0.416 e. The van der Waals surface area contributed by atoms with Crippen molar-refractivity contribution >= 4 is 0 Å². The van der Waals surface area contributed by atoms with Crippen LogP contribution in [0.15, 0.2) is 24.3 Å². The van der Waals surface area contributed by atoms with Crippen LogP contribution in [0, 0.1) is 0 Å². The maximum absolute atomic E-state index is 13.2.